The minimum atomic E-state index is -3.66. The third-order valence-corrected chi connectivity index (χ3v) is 5.54. The summed E-state index contributed by atoms with van der Waals surface area (Å²) < 4.78 is 27.1. The Morgan fingerprint density at radius 3 is 2.15 bits per heavy atom. The van der Waals surface area contributed by atoms with Gasteiger partial charge in [-0.15, -0.1) is 0 Å². The average Bonchev–Trinajstić information content (AvgIpc) is 2.68. The predicted molar refractivity (Wildman–Crippen MR) is 109 cm³/mol. The zero-order valence-electron chi connectivity index (χ0n) is 14.2. The smallest absolute Gasteiger partial charge is 0.261 e. The molecule has 0 aliphatic rings. The first kappa shape index (κ1) is 18.9. The molecule has 0 aliphatic heterocycles. The van der Waals surface area contributed by atoms with Crippen LogP contribution in [0.25, 0.3) is 6.08 Å². The number of hydrogen-bond acceptors (Lipinski definition) is 3. The van der Waals surface area contributed by atoms with E-state index in [1.54, 1.807) is 54.6 Å². The van der Waals surface area contributed by atoms with Crippen LogP contribution in [0.3, 0.4) is 0 Å². The largest absolute Gasteiger partial charge is 0.289 e. The van der Waals surface area contributed by atoms with Crippen LogP contribution < -0.4 is 4.72 Å². The Kier molecular flexibility index (Phi) is 5.74. The van der Waals surface area contributed by atoms with Gasteiger partial charge >= 0.3 is 0 Å². The van der Waals surface area contributed by atoms with E-state index in [1.165, 1.54) is 18.2 Å². The van der Waals surface area contributed by atoms with Gasteiger partial charge in [0.2, 0.25) is 0 Å². The molecular formula is C21H16ClNO3S. The Hall–Kier alpha value is -2.89. The first-order valence-corrected chi connectivity index (χ1v) is 9.97. The van der Waals surface area contributed by atoms with Crippen molar-refractivity contribution >= 4 is 39.2 Å². The van der Waals surface area contributed by atoms with Crippen LogP contribution >= 0.6 is 11.6 Å². The van der Waals surface area contributed by atoms with E-state index in [0.717, 1.165) is 5.56 Å². The molecular weight excluding hydrogens is 382 g/mol. The van der Waals surface area contributed by atoms with Gasteiger partial charge in [0.25, 0.3) is 10.0 Å². The van der Waals surface area contributed by atoms with Crippen LogP contribution in [0.2, 0.25) is 5.02 Å². The first-order chi connectivity index (χ1) is 13.0. The van der Waals surface area contributed by atoms with E-state index >= 15 is 0 Å². The van der Waals surface area contributed by atoms with Gasteiger partial charge in [-0.2, -0.15) is 0 Å². The van der Waals surface area contributed by atoms with Gasteiger partial charge < -0.3 is 0 Å². The van der Waals surface area contributed by atoms with Crippen molar-refractivity contribution in [2.75, 3.05) is 4.72 Å². The lowest BCUT2D eigenvalue weighted by atomic mass is 10.1. The highest BCUT2D eigenvalue weighted by atomic mass is 35.5. The maximum absolute atomic E-state index is 12.3. The standard InChI is InChI=1S/C21H16ClNO3S/c22-20-9-5-4-6-16(20)12-15-21(24)17-10-13-18(14-11-17)23-27(25,26)19-7-2-1-3-8-19/h1-15,23H/b15-12+. The highest BCUT2D eigenvalue weighted by Gasteiger charge is 2.13. The zero-order valence-corrected chi connectivity index (χ0v) is 15.7. The van der Waals surface area contributed by atoms with E-state index in [9.17, 15) is 13.2 Å². The molecule has 0 heterocycles. The molecule has 0 saturated carbocycles. The molecule has 6 heteroatoms. The first-order valence-electron chi connectivity index (χ1n) is 8.10. The van der Waals surface area contributed by atoms with Crippen molar-refractivity contribution in [1.82, 2.24) is 0 Å². The zero-order chi connectivity index (χ0) is 19.3. The Morgan fingerprint density at radius 2 is 1.48 bits per heavy atom. The number of ketones is 1. The number of allylic oxidation sites excluding steroid dienone is 1. The van der Waals surface area contributed by atoms with Gasteiger partial charge in [0, 0.05) is 16.3 Å². The van der Waals surface area contributed by atoms with E-state index in [-0.39, 0.29) is 10.7 Å². The number of nitrogens with one attached hydrogen (secondary N) is 1. The lowest BCUT2D eigenvalue weighted by molar-refractivity contribution is 0.104. The summed E-state index contributed by atoms with van der Waals surface area (Å²) in [7, 11) is -3.66. The number of hydrogen-bond donors (Lipinski definition) is 1. The van der Waals surface area contributed by atoms with Gasteiger partial charge in [-0.25, -0.2) is 8.42 Å². The van der Waals surface area contributed by atoms with E-state index in [1.807, 2.05) is 18.2 Å². The van der Waals surface area contributed by atoms with Crippen LogP contribution in [0.1, 0.15) is 15.9 Å². The van der Waals surface area contributed by atoms with Crippen molar-refractivity contribution in [3.05, 3.63) is 101 Å². The van der Waals surface area contributed by atoms with Crippen molar-refractivity contribution in [1.29, 1.82) is 0 Å². The molecule has 0 aromatic heterocycles. The summed E-state index contributed by atoms with van der Waals surface area (Å²) in [6.07, 6.45) is 3.08. The monoisotopic (exact) mass is 397 g/mol. The summed E-state index contributed by atoms with van der Waals surface area (Å²) in [5.74, 6) is -0.201. The molecule has 27 heavy (non-hydrogen) atoms. The molecule has 0 radical (unpaired) electrons. The molecule has 0 atom stereocenters. The Bertz CT molecular complexity index is 1080. The Morgan fingerprint density at radius 1 is 0.852 bits per heavy atom. The minimum Gasteiger partial charge on any atom is -0.289 e. The van der Waals surface area contributed by atoms with E-state index < -0.39 is 10.0 Å². The molecule has 0 spiro atoms. The quantitative estimate of drug-likeness (QED) is 0.468. The van der Waals surface area contributed by atoms with Gasteiger partial charge in [-0.3, -0.25) is 9.52 Å². The fourth-order valence-electron chi connectivity index (χ4n) is 2.39. The Balaban J connectivity index is 1.72. The number of carbonyl (C=O) groups excluding carboxylic acids is 1. The summed E-state index contributed by atoms with van der Waals surface area (Å²) in [5, 5.41) is 0.562. The second-order valence-electron chi connectivity index (χ2n) is 5.71. The maximum Gasteiger partial charge on any atom is 0.261 e. The number of benzene rings is 3. The van der Waals surface area contributed by atoms with Crippen LogP contribution in [0.5, 0.6) is 0 Å². The van der Waals surface area contributed by atoms with Gasteiger partial charge in [0.15, 0.2) is 5.78 Å². The summed E-state index contributed by atoms with van der Waals surface area (Å²) in [6.45, 7) is 0. The molecule has 0 amide bonds. The van der Waals surface area contributed by atoms with Crippen molar-refractivity contribution in [2.24, 2.45) is 0 Å². The number of carbonyl (C=O) groups is 1. The summed E-state index contributed by atoms with van der Waals surface area (Å²) in [5.41, 5.74) is 1.58. The lowest BCUT2D eigenvalue weighted by Gasteiger charge is -2.08. The van der Waals surface area contributed by atoms with Crippen molar-refractivity contribution < 1.29 is 13.2 Å². The molecule has 0 fully saturated rings. The predicted octanol–water partition coefficient (Wildman–Crippen LogP) is 5.04. The summed E-state index contributed by atoms with van der Waals surface area (Å²) in [4.78, 5) is 12.5. The topological polar surface area (TPSA) is 63.2 Å². The number of anilines is 1. The third kappa shape index (κ3) is 4.84. The molecule has 0 bridgehead atoms. The molecule has 0 saturated heterocycles. The van der Waals surface area contributed by atoms with Crippen molar-refractivity contribution in [2.45, 2.75) is 4.90 Å². The van der Waals surface area contributed by atoms with Crippen LogP contribution in [0.15, 0.2) is 89.8 Å². The van der Waals surface area contributed by atoms with Crippen LogP contribution in [-0.4, -0.2) is 14.2 Å². The van der Waals surface area contributed by atoms with E-state index in [2.05, 4.69) is 4.72 Å². The second kappa shape index (κ2) is 8.20. The fraction of sp³-hybridized carbons (Fsp3) is 0. The lowest BCUT2D eigenvalue weighted by Crippen LogP contribution is -2.12. The van der Waals surface area contributed by atoms with Gasteiger partial charge in [0.1, 0.15) is 0 Å². The molecule has 0 unspecified atom stereocenters. The number of halogens is 1. The SMILES string of the molecule is O=C(/C=C/c1ccccc1Cl)c1ccc(NS(=O)(=O)c2ccccc2)cc1. The normalized spacial score (nSPS) is 11.4. The van der Waals surface area contributed by atoms with Gasteiger partial charge in [-0.1, -0.05) is 48.0 Å². The highest BCUT2D eigenvalue weighted by Crippen LogP contribution is 2.19. The van der Waals surface area contributed by atoms with Crippen LogP contribution in [0, 0.1) is 0 Å². The third-order valence-electron chi connectivity index (χ3n) is 3.79. The van der Waals surface area contributed by atoms with Crippen molar-refractivity contribution in [3.63, 3.8) is 0 Å². The fourth-order valence-corrected chi connectivity index (χ4v) is 3.67. The molecule has 1 N–H and O–H groups in total. The molecule has 3 aromatic rings. The second-order valence-corrected chi connectivity index (χ2v) is 7.80. The van der Waals surface area contributed by atoms with E-state index in [0.29, 0.717) is 16.3 Å². The van der Waals surface area contributed by atoms with Crippen LogP contribution in [0.4, 0.5) is 5.69 Å². The average molecular weight is 398 g/mol. The van der Waals surface area contributed by atoms with E-state index in [4.69, 9.17) is 11.6 Å². The highest BCUT2D eigenvalue weighted by molar-refractivity contribution is 7.92. The van der Waals surface area contributed by atoms with Gasteiger partial charge in [0.05, 0.1) is 4.90 Å². The van der Waals surface area contributed by atoms with Crippen LogP contribution in [-0.2, 0) is 10.0 Å². The molecule has 136 valence electrons. The molecule has 3 rings (SSSR count). The van der Waals surface area contributed by atoms with Gasteiger partial charge in [-0.05, 0) is 60.2 Å². The Labute approximate surface area is 163 Å². The molecule has 0 aliphatic carbocycles. The van der Waals surface area contributed by atoms with Crippen molar-refractivity contribution in [3.8, 4) is 0 Å². The summed E-state index contributed by atoms with van der Waals surface area (Å²) in [6, 6.07) is 21.5. The number of sulfonamides is 1. The minimum absolute atomic E-state index is 0.174. The summed E-state index contributed by atoms with van der Waals surface area (Å²) >= 11 is 6.06. The molecule has 4 nitrogen and oxygen atoms in total. The molecule has 3 aromatic carbocycles. The maximum atomic E-state index is 12.3. The number of rotatable bonds is 6.